The fourth-order valence-electron chi connectivity index (χ4n) is 1.55. The van der Waals surface area contributed by atoms with Crippen molar-refractivity contribution in [1.29, 1.82) is 0 Å². The number of nitrogens with one attached hydrogen (secondary N) is 1. The number of benzene rings is 1. The molecule has 0 aliphatic rings. The molecule has 1 amide bonds. The number of aliphatic hydroxyl groups is 1. The number of amides is 1. The molecule has 2 rings (SSSR count). The Hall–Kier alpha value is -2.22. The monoisotopic (exact) mass is 289 g/mol. The fraction of sp³-hybridized carbons (Fsp3) is 0.133. The van der Waals surface area contributed by atoms with Gasteiger partial charge in [-0.15, -0.1) is 0 Å². The van der Waals surface area contributed by atoms with Gasteiger partial charge in [0.25, 0.3) is 5.91 Å². The summed E-state index contributed by atoms with van der Waals surface area (Å²) >= 11 is 5.74. The van der Waals surface area contributed by atoms with Crippen molar-refractivity contribution in [2.45, 2.75) is 6.42 Å². The van der Waals surface area contributed by atoms with Gasteiger partial charge in [0.05, 0.1) is 18.4 Å². The summed E-state index contributed by atoms with van der Waals surface area (Å²) in [5.41, 5.74) is 1.65. The van der Waals surface area contributed by atoms with E-state index < -0.39 is 0 Å². The van der Waals surface area contributed by atoms with Crippen LogP contribution in [0.5, 0.6) is 0 Å². The molecule has 0 unspecified atom stereocenters. The molecule has 1 heterocycles. The van der Waals surface area contributed by atoms with Crippen molar-refractivity contribution in [2.75, 3.05) is 11.9 Å². The van der Waals surface area contributed by atoms with E-state index in [1.54, 1.807) is 18.2 Å². The lowest BCUT2D eigenvalue weighted by atomic mass is 10.2. The Morgan fingerprint density at radius 2 is 2.25 bits per heavy atom. The number of rotatable bonds is 3. The molecule has 0 spiro atoms. The molecule has 0 aliphatic heterocycles. The van der Waals surface area contributed by atoms with Crippen LogP contribution in [0.25, 0.3) is 0 Å². The highest BCUT2D eigenvalue weighted by Crippen LogP contribution is 2.18. The predicted octanol–water partition coefficient (Wildman–Crippen LogP) is 2.92. The molecule has 2 N–H and O–H groups in total. The second kappa shape index (κ2) is 6.80. The van der Waals surface area contributed by atoms with E-state index in [2.05, 4.69) is 17.2 Å². The van der Waals surface area contributed by atoms with E-state index in [1.807, 2.05) is 6.07 Å². The molecule has 0 fully saturated rings. The van der Waals surface area contributed by atoms with Crippen molar-refractivity contribution >= 4 is 23.2 Å². The first-order chi connectivity index (χ1) is 9.70. The SMILES string of the molecule is O=C(Nc1cccc(C#CCCO)c1)c1ccoc1Cl. The normalized spacial score (nSPS) is 9.70. The third-order valence-electron chi connectivity index (χ3n) is 2.45. The Balaban J connectivity index is 2.11. The number of halogens is 1. The largest absolute Gasteiger partial charge is 0.452 e. The Morgan fingerprint density at radius 1 is 1.40 bits per heavy atom. The molecule has 20 heavy (non-hydrogen) atoms. The van der Waals surface area contributed by atoms with Gasteiger partial charge in [-0.3, -0.25) is 4.79 Å². The van der Waals surface area contributed by atoms with E-state index in [1.165, 1.54) is 12.3 Å². The first-order valence-electron chi connectivity index (χ1n) is 5.95. The average molecular weight is 290 g/mol. The minimum Gasteiger partial charge on any atom is -0.452 e. The molecule has 0 aliphatic carbocycles. The molecule has 0 saturated heterocycles. The zero-order valence-corrected chi connectivity index (χ0v) is 11.3. The zero-order valence-electron chi connectivity index (χ0n) is 10.5. The Labute approximate surface area is 121 Å². The Kier molecular flexibility index (Phi) is 4.83. The molecule has 0 radical (unpaired) electrons. The van der Waals surface area contributed by atoms with Crippen molar-refractivity contribution in [3.8, 4) is 11.8 Å². The van der Waals surface area contributed by atoms with Crippen LogP contribution in [0.15, 0.2) is 41.0 Å². The second-order valence-corrected chi connectivity index (χ2v) is 4.26. The molecule has 5 heteroatoms. The summed E-state index contributed by atoms with van der Waals surface area (Å²) in [4.78, 5) is 11.9. The predicted molar refractivity (Wildman–Crippen MR) is 76.7 cm³/mol. The molecular weight excluding hydrogens is 278 g/mol. The minimum atomic E-state index is -0.343. The highest BCUT2D eigenvalue weighted by molar-refractivity contribution is 6.32. The number of hydrogen-bond donors (Lipinski definition) is 2. The fourth-order valence-corrected chi connectivity index (χ4v) is 1.75. The molecule has 4 nitrogen and oxygen atoms in total. The summed E-state index contributed by atoms with van der Waals surface area (Å²) in [6.45, 7) is 0.0302. The van der Waals surface area contributed by atoms with E-state index >= 15 is 0 Å². The van der Waals surface area contributed by atoms with Gasteiger partial charge in [0.1, 0.15) is 0 Å². The molecule has 2 aromatic rings. The van der Waals surface area contributed by atoms with Crippen LogP contribution in [0, 0.1) is 11.8 Å². The van der Waals surface area contributed by atoms with Gasteiger partial charge >= 0.3 is 0 Å². The standard InChI is InChI=1S/C15H12ClNO3/c16-14-13(7-9-20-14)15(19)17-12-6-3-5-11(10-12)4-1-2-8-18/h3,5-7,9-10,18H,2,8H2,(H,17,19). The number of aliphatic hydroxyl groups excluding tert-OH is 1. The van der Waals surface area contributed by atoms with Crippen LogP contribution in [0.1, 0.15) is 22.3 Å². The molecular formula is C15H12ClNO3. The van der Waals surface area contributed by atoms with Gasteiger partial charge in [0.15, 0.2) is 0 Å². The molecule has 1 aromatic carbocycles. The summed E-state index contributed by atoms with van der Waals surface area (Å²) in [5, 5.41) is 11.4. The summed E-state index contributed by atoms with van der Waals surface area (Å²) in [5.74, 6) is 5.38. The number of furan rings is 1. The van der Waals surface area contributed by atoms with Crippen molar-refractivity contribution in [3.05, 3.63) is 52.9 Å². The van der Waals surface area contributed by atoms with Gasteiger partial charge in [0, 0.05) is 17.7 Å². The summed E-state index contributed by atoms with van der Waals surface area (Å²) in [6, 6.07) is 8.61. The van der Waals surface area contributed by atoms with E-state index in [0.717, 1.165) is 5.56 Å². The number of carbonyl (C=O) groups is 1. The van der Waals surface area contributed by atoms with Crippen molar-refractivity contribution in [3.63, 3.8) is 0 Å². The van der Waals surface area contributed by atoms with E-state index in [9.17, 15) is 4.79 Å². The molecule has 0 bridgehead atoms. The lowest BCUT2D eigenvalue weighted by molar-refractivity contribution is 0.102. The van der Waals surface area contributed by atoms with Crippen LogP contribution in [0.4, 0.5) is 5.69 Å². The van der Waals surface area contributed by atoms with Gasteiger partial charge in [0.2, 0.25) is 5.22 Å². The van der Waals surface area contributed by atoms with Crippen LogP contribution in [0.3, 0.4) is 0 Å². The zero-order chi connectivity index (χ0) is 14.4. The third-order valence-corrected chi connectivity index (χ3v) is 2.75. The maximum atomic E-state index is 11.9. The van der Waals surface area contributed by atoms with Crippen LogP contribution >= 0.6 is 11.6 Å². The first kappa shape index (κ1) is 14.2. The number of anilines is 1. The average Bonchev–Trinajstić information content (AvgIpc) is 2.86. The van der Waals surface area contributed by atoms with E-state index in [-0.39, 0.29) is 23.3 Å². The van der Waals surface area contributed by atoms with Gasteiger partial charge in [-0.2, -0.15) is 0 Å². The molecule has 0 atom stereocenters. The summed E-state index contributed by atoms with van der Waals surface area (Å²) < 4.78 is 4.87. The van der Waals surface area contributed by atoms with Gasteiger partial charge < -0.3 is 14.8 Å². The van der Waals surface area contributed by atoms with Crippen LogP contribution in [-0.2, 0) is 0 Å². The molecule has 102 valence electrons. The van der Waals surface area contributed by atoms with Gasteiger partial charge in [-0.05, 0) is 35.9 Å². The van der Waals surface area contributed by atoms with Gasteiger partial charge in [-0.25, -0.2) is 0 Å². The van der Waals surface area contributed by atoms with Gasteiger partial charge in [-0.1, -0.05) is 17.9 Å². The third kappa shape index (κ3) is 3.64. The molecule has 1 aromatic heterocycles. The van der Waals surface area contributed by atoms with Crippen molar-refractivity contribution in [2.24, 2.45) is 0 Å². The lowest BCUT2D eigenvalue weighted by Crippen LogP contribution is -2.11. The van der Waals surface area contributed by atoms with Crippen molar-refractivity contribution < 1.29 is 14.3 Å². The summed E-state index contributed by atoms with van der Waals surface area (Å²) in [7, 11) is 0. The van der Waals surface area contributed by atoms with Crippen molar-refractivity contribution in [1.82, 2.24) is 0 Å². The lowest BCUT2D eigenvalue weighted by Gasteiger charge is -2.04. The van der Waals surface area contributed by atoms with Crippen LogP contribution < -0.4 is 5.32 Å². The highest BCUT2D eigenvalue weighted by atomic mass is 35.5. The van der Waals surface area contributed by atoms with Crippen LogP contribution in [-0.4, -0.2) is 17.6 Å². The topological polar surface area (TPSA) is 62.5 Å². The van der Waals surface area contributed by atoms with Crippen LogP contribution in [0.2, 0.25) is 5.22 Å². The Morgan fingerprint density at radius 3 is 2.95 bits per heavy atom. The quantitative estimate of drug-likeness (QED) is 0.854. The number of hydrogen-bond acceptors (Lipinski definition) is 3. The number of carbonyl (C=O) groups excluding carboxylic acids is 1. The first-order valence-corrected chi connectivity index (χ1v) is 6.32. The smallest absolute Gasteiger partial charge is 0.260 e. The Bertz CT molecular complexity index is 667. The highest BCUT2D eigenvalue weighted by Gasteiger charge is 2.12. The van der Waals surface area contributed by atoms with E-state index in [4.69, 9.17) is 21.1 Å². The second-order valence-electron chi connectivity index (χ2n) is 3.92. The molecule has 0 saturated carbocycles. The maximum Gasteiger partial charge on any atom is 0.260 e. The summed E-state index contributed by atoms with van der Waals surface area (Å²) in [6.07, 6.45) is 1.77. The maximum absolute atomic E-state index is 11.9. The minimum absolute atomic E-state index is 0.0302. The van der Waals surface area contributed by atoms with E-state index in [0.29, 0.717) is 12.1 Å².